The van der Waals surface area contributed by atoms with E-state index in [2.05, 4.69) is 24.2 Å². The molecule has 1 heterocycles. The molecular weight excluding hydrogens is 198 g/mol. The van der Waals surface area contributed by atoms with E-state index in [0.29, 0.717) is 13.0 Å². The number of nitrogens with one attached hydrogen (secondary N) is 1. The number of thioether (sulfide) groups is 1. The second-order valence-corrected chi connectivity index (χ2v) is 5.09. The van der Waals surface area contributed by atoms with Gasteiger partial charge in [0.15, 0.2) is 5.17 Å². The average molecular weight is 215 g/mol. The van der Waals surface area contributed by atoms with E-state index in [-0.39, 0.29) is 11.4 Å². The molecule has 0 saturated carbocycles. The minimum Gasteiger partial charge on any atom is -0.370 e. The van der Waals surface area contributed by atoms with E-state index in [1.54, 1.807) is 11.8 Å². The van der Waals surface area contributed by atoms with Crippen molar-refractivity contribution in [2.45, 2.75) is 32.2 Å². The lowest BCUT2D eigenvalue weighted by Crippen LogP contribution is -2.46. The van der Waals surface area contributed by atoms with Gasteiger partial charge in [-0.15, -0.1) is 0 Å². The van der Waals surface area contributed by atoms with Gasteiger partial charge in [-0.3, -0.25) is 9.79 Å². The zero-order valence-corrected chi connectivity index (χ0v) is 9.49. The molecule has 0 unspecified atom stereocenters. The number of nitrogens with two attached hydrogens (primary N) is 1. The second kappa shape index (κ2) is 4.68. The van der Waals surface area contributed by atoms with Crippen molar-refractivity contribution in [3.8, 4) is 0 Å². The minimum atomic E-state index is -0.297. The Morgan fingerprint density at radius 2 is 2.43 bits per heavy atom. The summed E-state index contributed by atoms with van der Waals surface area (Å²) in [5.74, 6) is 0.782. The molecule has 14 heavy (non-hydrogen) atoms. The Hall–Kier alpha value is -0.710. The van der Waals surface area contributed by atoms with Crippen molar-refractivity contribution in [3.05, 3.63) is 0 Å². The maximum absolute atomic E-state index is 10.5. The fourth-order valence-corrected chi connectivity index (χ4v) is 2.48. The number of hydrogen-bond donors (Lipinski definition) is 2. The third-order valence-electron chi connectivity index (χ3n) is 2.02. The zero-order chi connectivity index (χ0) is 10.6. The Labute approximate surface area is 88.7 Å². The van der Waals surface area contributed by atoms with Crippen LogP contribution in [0.25, 0.3) is 0 Å². The average Bonchev–Trinajstić information content (AvgIpc) is 2.01. The topological polar surface area (TPSA) is 67.5 Å². The monoisotopic (exact) mass is 215 g/mol. The summed E-state index contributed by atoms with van der Waals surface area (Å²) in [6.07, 6.45) is 1.46. The van der Waals surface area contributed by atoms with Crippen molar-refractivity contribution >= 4 is 22.8 Å². The first-order valence-corrected chi connectivity index (χ1v) is 5.72. The molecule has 80 valence electrons. The molecule has 1 rings (SSSR count). The maximum Gasteiger partial charge on any atom is 0.219 e. The normalized spacial score (nSPS) is 23.1. The maximum atomic E-state index is 10.5. The Bertz CT molecular complexity index is 250. The molecule has 5 heteroatoms. The van der Waals surface area contributed by atoms with E-state index < -0.39 is 0 Å². The Kier molecular flexibility index (Phi) is 3.80. The Balaban J connectivity index is 2.40. The molecular formula is C9H17N3OS. The first kappa shape index (κ1) is 11.4. The molecule has 4 nitrogen and oxygen atoms in total. The first-order chi connectivity index (χ1) is 6.49. The number of amides is 1. The van der Waals surface area contributed by atoms with E-state index in [1.165, 1.54) is 0 Å². The lowest BCUT2D eigenvalue weighted by Gasteiger charge is -2.32. The molecule has 0 aromatic carbocycles. The van der Waals surface area contributed by atoms with Crippen LogP contribution in [0.4, 0.5) is 0 Å². The van der Waals surface area contributed by atoms with Gasteiger partial charge in [0, 0.05) is 17.7 Å². The van der Waals surface area contributed by atoms with Gasteiger partial charge in [-0.05, 0) is 20.3 Å². The summed E-state index contributed by atoms with van der Waals surface area (Å²) in [6.45, 7) is 4.79. The van der Waals surface area contributed by atoms with Gasteiger partial charge >= 0.3 is 0 Å². The SMILES string of the molecule is CC1(C)CCSC(=NCCC(N)=O)N1. The van der Waals surface area contributed by atoms with Crippen LogP contribution in [-0.4, -0.2) is 28.9 Å². The van der Waals surface area contributed by atoms with Crippen molar-refractivity contribution < 1.29 is 4.79 Å². The molecule has 3 N–H and O–H groups in total. The van der Waals surface area contributed by atoms with Crippen LogP contribution in [0.1, 0.15) is 26.7 Å². The number of nitrogens with zero attached hydrogens (tertiary/aromatic N) is 1. The number of amidine groups is 1. The summed E-state index contributed by atoms with van der Waals surface area (Å²) in [5, 5.41) is 4.26. The van der Waals surface area contributed by atoms with Gasteiger partial charge in [0.25, 0.3) is 0 Å². The highest BCUT2D eigenvalue weighted by Crippen LogP contribution is 2.21. The van der Waals surface area contributed by atoms with E-state index >= 15 is 0 Å². The molecule has 0 aromatic heterocycles. The highest BCUT2D eigenvalue weighted by atomic mass is 32.2. The Morgan fingerprint density at radius 3 is 3.00 bits per heavy atom. The predicted octanol–water partition coefficient (Wildman–Crippen LogP) is 0.723. The second-order valence-electron chi connectivity index (χ2n) is 4.01. The summed E-state index contributed by atoms with van der Waals surface area (Å²) in [6, 6.07) is 0. The van der Waals surface area contributed by atoms with E-state index in [1.807, 2.05) is 0 Å². The van der Waals surface area contributed by atoms with Crippen molar-refractivity contribution in [1.82, 2.24) is 5.32 Å². The zero-order valence-electron chi connectivity index (χ0n) is 8.67. The van der Waals surface area contributed by atoms with Crippen LogP contribution in [0.3, 0.4) is 0 Å². The van der Waals surface area contributed by atoms with Crippen LogP contribution in [0.2, 0.25) is 0 Å². The van der Waals surface area contributed by atoms with Crippen molar-refractivity contribution in [1.29, 1.82) is 0 Å². The number of primary amides is 1. The number of aliphatic imine (C=N–C) groups is 1. The lowest BCUT2D eigenvalue weighted by atomic mass is 10.0. The fourth-order valence-electron chi connectivity index (χ4n) is 1.14. The molecule has 1 fully saturated rings. The third-order valence-corrected chi connectivity index (χ3v) is 2.94. The number of carbonyl (C=O) groups excluding carboxylic acids is 1. The van der Waals surface area contributed by atoms with Crippen LogP contribution >= 0.6 is 11.8 Å². The smallest absolute Gasteiger partial charge is 0.219 e. The molecule has 0 atom stereocenters. The lowest BCUT2D eigenvalue weighted by molar-refractivity contribution is -0.117. The van der Waals surface area contributed by atoms with E-state index in [0.717, 1.165) is 17.3 Å². The molecule has 0 aliphatic carbocycles. The number of carbonyl (C=O) groups is 1. The Morgan fingerprint density at radius 1 is 1.71 bits per heavy atom. The van der Waals surface area contributed by atoms with Crippen LogP contribution in [0.5, 0.6) is 0 Å². The quantitative estimate of drug-likeness (QED) is 0.729. The molecule has 1 aliphatic rings. The van der Waals surface area contributed by atoms with Crippen molar-refractivity contribution in [3.63, 3.8) is 0 Å². The molecule has 0 bridgehead atoms. The van der Waals surface area contributed by atoms with Gasteiger partial charge < -0.3 is 11.1 Å². The molecule has 1 aliphatic heterocycles. The summed E-state index contributed by atoms with van der Waals surface area (Å²) in [4.78, 5) is 14.8. The summed E-state index contributed by atoms with van der Waals surface area (Å²) >= 11 is 1.70. The fraction of sp³-hybridized carbons (Fsp3) is 0.778. The van der Waals surface area contributed by atoms with Crippen LogP contribution in [0, 0.1) is 0 Å². The number of rotatable bonds is 3. The van der Waals surface area contributed by atoms with Crippen LogP contribution < -0.4 is 11.1 Å². The molecule has 1 saturated heterocycles. The summed E-state index contributed by atoms with van der Waals surface area (Å²) < 4.78 is 0. The molecule has 0 spiro atoms. The van der Waals surface area contributed by atoms with Gasteiger partial charge in [0.2, 0.25) is 5.91 Å². The summed E-state index contributed by atoms with van der Waals surface area (Å²) in [5.41, 5.74) is 5.15. The number of hydrogen-bond acceptors (Lipinski definition) is 3. The van der Waals surface area contributed by atoms with Gasteiger partial charge in [-0.1, -0.05) is 11.8 Å². The van der Waals surface area contributed by atoms with Gasteiger partial charge in [-0.25, -0.2) is 0 Å². The molecule has 1 amide bonds. The van der Waals surface area contributed by atoms with E-state index in [9.17, 15) is 4.79 Å². The largest absolute Gasteiger partial charge is 0.370 e. The van der Waals surface area contributed by atoms with Crippen LogP contribution in [-0.2, 0) is 4.79 Å². The van der Waals surface area contributed by atoms with Gasteiger partial charge in [0.05, 0.1) is 6.54 Å². The highest BCUT2D eigenvalue weighted by Gasteiger charge is 2.23. The highest BCUT2D eigenvalue weighted by molar-refractivity contribution is 8.13. The van der Waals surface area contributed by atoms with Crippen molar-refractivity contribution in [2.24, 2.45) is 10.7 Å². The first-order valence-electron chi connectivity index (χ1n) is 4.73. The van der Waals surface area contributed by atoms with Crippen LogP contribution in [0.15, 0.2) is 4.99 Å². The third kappa shape index (κ3) is 4.00. The summed E-state index contributed by atoms with van der Waals surface area (Å²) in [7, 11) is 0. The van der Waals surface area contributed by atoms with E-state index in [4.69, 9.17) is 5.73 Å². The standard InChI is InChI=1S/C9H17N3OS/c1-9(2)4-6-14-8(12-9)11-5-3-7(10)13/h3-6H2,1-2H3,(H2,10,13)(H,11,12). The van der Waals surface area contributed by atoms with Crippen molar-refractivity contribution in [2.75, 3.05) is 12.3 Å². The van der Waals surface area contributed by atoms with Gasteiger partial charge in [-0.2, -0.15) is 0 Å². The minimum absolute atomic E-state index is 0.122. The molecule has 0 radical (unpaired) electrons. The van der Waals surface area contributed by atoms with Gasteiger partial charge in [0.1, 0.15) is 0 Å². The molecule has 0 aromatic rings. The predicted molar refractivity (Wildman–Crippen MR) is 60.4 cm³/mol.